The number of hydrogen-bond acceptors (Lipinski definition) is 4. The lowest BCUT2D eigenvalue weighted by atomic mass is 10.3. The molecule has 1 saturated heterocycles. The molecule has 5 nitrogen and oxygen atoms in total. The lowest BCUT2D eigenvalue weighted by molar-refractivity contribution is 0.192. The molecule has 0 radical (unpaired) electrons. The van der Waals surface area contributed by atoms with E-state index in [1.807, 2.05) is 0 Å². The zero-order chi connectivity index (χ0) is 11.6. The number of phenolic OH excluding ortho intramolecular Hbond substituents is 1. The quantitative estimate of drug-likeness (QED) is 0.808. The van der Waals surface area contributed by atoms with Gasteiger partial charge in [-0.1, -0.05) is 0 Å². The van der Waals surface area contributed by atoms with Gasteiger partial charge >= 0.3 is 0 Å². The monoisotopic (exact) mass is 243 g/mol. The third-order valence-electron chi connectivity index (χ3n) is 2.40. The predicted molar refractivity (Wildman–Crippen MR) is 57.7 cm³/mol. The first-order valence-electron chi connectivity index (χ1n) is 4.97. The summed E-state index contributed by atoms with van der Waals surface area (Å²) in [6, 6.07) is 5.28. The van der Waals surface area contributed by atoms with Crippen LogP contribution < -0.4 is 4.72 Å². The Kier molecular flexibility index (Phi) is 3.13. The molecule has 1 atom stereocenters. The number of hydrogen-bond donors (Lipinski definition) is 2. The van der Waals surface area contributed by atoms with E-state index >= 15 is 0 Å². The van der Waals surface area contributed by atoms with Crippen LogP contribution in [0.4, 0.5) is 0 Å². The van der Waals surface area contributed by atoms with E-state index in [-0.39, 0.29) is 16.7 Å². The van der Waals surface area contributed by atoms with Crippen molar-refractivity contribution in [3.8, 4) is 5.75 Å². The van der Waals surface area contributed by atoms with Crippen LogP contribution in [0.2, 0.25) is 0 Å². The number of ether oxygens (including phenoxy) is 1. The summed E-state index contributed by atoms with van der Waals surface area (Å²) in [7, 11) is -3.50. The molecule has 0 amide bonds. The Morgan fingerprint density at radius 1 is 1.31 bits per heavy atom. The fourth-order valence-corrected chi connectivity index (χ4v) is 2.80. The van der Waals surface area contributed by atoms with E-state index < -0.39 is 10.0 Å². The lowest BCUT2D eigenvalue weighted by Gasteiger charge is -2.11. The first-order chi connectivity index (χ1) is 7.58. The highest BCUT2D eigenvalue weighted by Crippen LogP contribution is 2.15. The topological polar surface area (TPSA) is 75.6 Å². The molecule has 1 aromatic carbocycles. The van der Waals surface area contributed by atoms with Gasteiger partial charge < -0.3 is 9.84 Å². The number of rotatable bonds is 3. The summed E-state index contributed by atoms with van der Waals surface area (Å²) in [5, 5.41) is 9.07. The van der Waals surface area contributed by atoms with Crippen molar-refractivity contribution >= 4 is 10.0 Å². The maximum atomic E-state index is 11.9. The van der Waals surface area contributed by atoms with Crippen molar-refractivity contribution in [2.24, 2.45) is 0 Å². The highest BCUT2D eigenvalue weighted by Gasteiger charge is 2.23. The molecule has 2 rings (SSSR count). The molecule has 0 bridgehead atoms. The molecular weight excluding hydrogens is 230 g/mol. The van der Waals surface area contributed by atoms with Crippen molar-refractivity contribution in [3.63, 3.8) is 0 Å². The van der Waals surface area contributed by atoms with Gasteiger partial charge in [-0.05, 0) is 30.7 Å². The molecule has 0 saturated carbocycles. The van der Waals surface area contributed by atoms with Gasteiger partial charge in [0.05, 0.1) is 11.5 Å². The van der Waals surface area contributed by atoms with Crippen LogP contribution in [0.3, 0.4) is 0 Å². The predicted octanol–water partition coefficient (Wildman–Crippen LogP) is 0.459. The van der Waals surface area contributed by atoms with E-state index in [2.05, 4.69) is 4.72 Å². The van der Waals surface area contributed by atoms with Gasteiger partial charge in [-0.25, -0.2) is 13.1 Å². The second-order valence-electron chi connectivity index (χ2n) is 3.68. The molecule has 1 aromatic rings. The van der Waals surface area contributed by atoms with Crippen molar-refractivity contribution in [2.45, 2.75) is 17.4 Å². The molecule has 0 aliphatic carbocycles. The van der Waals surface area contributed by atoms with E-state index in [0.717, 1.165) is 0 Å². The number of nitrogens with one attached hydrogen (secondary N) is 1. The van der Waals surface area contributed by atoms with Crippen LogP contribution in [0.1, 0.15) is 6.42 Å². The van der Waals surface area contributed by atoms with Crippen molar-refractivity contribution in [3.05, 3.63) is 24.3 Å². The summed E-state index contributed by atoms with van der Waals surface area (Å²) < 4.78 is 31.3. The van der Waals surface area contributed by atoms with Gasteiger partial charge in [0, 0.05) is 12.6 Å². The third-order valence-corrected chi connectivity index (χ3v) is 3.93. The maximum Gasteiger partial charge on any atom is 0.240 e. The van der Waals surface area contributed by atoms with Crippen LogP contribution in [0.5, 0.6) is 5.75 Å². The second kappa shape index (κ2) is 4.40. The van der Waals surface area contributed by atoms with Gasteiger partial charge in [0.15, 0.2) is 0 Å². The minimum atomic E-state index is -3.50. The molecule has 0 aromatic heterocycles. The molecule has 88 valence electrons. The Bertz CT molecular complexity index is 448. The summed E-state index contributed by atoms with van der Waals surface area (Å²) >= 11 is 0. The molecule has 1 fully saturated rings. The highest BCUT2D eigenvalue weighted by atomic mass is 32.2. The minimum Gasteiger partial charge on any atom is -0.508 e. The highest BCUT2D eigenvalue weighted by molar-refractivity contribution is 7.89. The first kappa shape index (κ1) is 11.4. The van der Waals surface area contributed by atoms with Crippen LogP contribution >= 0.6 is 0 Å². The largest absolute Gasteiger partial charge is 0.508 e. The maximum absolute atomic E-state index is 11.9. The number of benzene rings is 1. The standard InChI is InChI=1S/C10H13NO4S/c12-9-1-3-10(4-2-9)16(13,14)11-8-5-6-15-7-8/h1-4,8,11-12H,5-7H2. The van der Waals surface area contributed by atoms with Crippen molar-refractivity contribution in [2.75, 3.05) is 13.2 Å². The van der Waals surface area contributed by atoms with Gasteiger partial charge in [-0.3, -0.25) is 0 Å². The summed E-state index contributed by atoms with van der Waals surface area (Å²) in [6.45, 7) is 1.00. The normalized spacial score (nSPS) is 21.1. The molecular formula is C10H13NO4S. The molecule has 2 N–H and O–H groups in total. The van der Waals surface area contributed by atoms with Crippen molar-refractivity contribution in [1.82, 2.24) is 4.72 Å². The molecule has 1 heterocycles. The Morgan fingerprint density at radius 3 is 2.56 bits per heavy atom. The molecule has 1 aliphatic rings. The van der Waals surface area contributed by atoms with Crippen LogP contribution in [-0.4, -0.2) is 32.8 Å². The van der Waals surface area contributed by atoms with Gasteiger partial charge in [0.1, 0.15) is 5.75 Å². The average molecular weight is 243 g/mol. The Hall–Kier alpha value is -1.11. The smallest absolute Gasteiger partial charge is 0.240 e. The van der Waals surface area contributed by atoms with Crippen LogP contribution in [0.25, 0.3) is 0 Å². The number of aromatic hydroxyl groups is 1. The summed E-state index contributed by atoms with van der Waals surface area (Å²) in [5.74, 6) is 0.0446. The van der Waals surface area contributed by atoms with Gasteiger partial charge in [-0.2, -0.15) is 0 Å². The Balaban J connectivity index is 2.14. The van der Waals surface area contributed by atoms with Crippen LogP contribution in [0.15, 0.2) is 29.2 Å². The molecule has 1 aliphatic heterocycles. The molecule has 1 unspecified atom stereocenters. The van der Waals surface area contributed by atoms with E-state index in [0.29, 0.717) is 19.6 Å². The third kappa shape index (κ3) is 2.52. The average Bonchev–Trinajstić information content (AvgIpc) is 2.70. The van der Waals surface area contributed by atoms with Gasteiger partial charge in [0.2, 0.25) is 10.0 Å². The molecule has 16 heavy (non-hydrogen) atoms. The van der Waals surface area contributed by atoms with E-state index in [1.165, 1.54) is 24.3 Å². The zero-order valence-electron chi connectivity index (χ0n) is 8.59. The van der Waals surface area contributed by atoms with Gasteiger partial charge in [-0.15, -0.1) is 0 Å². The van der Waals surface area contributed by atoms with Gasteiger partial charge in [0.25, 0.3) is 0 Å². The van der Waals surface area contributed by atoms with E-state index in [1.54, 1.807) is 0 Å². The molecule has 6 heteroatoms. The van der Waals surface area contributed by atoms with E-state index in [9.17, 15) is 8.42 Å². The fraction of sp³-hybridized carbons (Fsp3) is 0.400. The van der Waals surface area contributed by atoms with Crippen LogP contribution in [0, 0.1) is 0 Å². The number of phenols is 1. The minimum absolute atomic E-state index is 0.0446. The summed E-state index contributed by atoms with van der Waals surface area (Å²) in [4.78, 5) is 0.150. The zero-order valence-corrected chi connectivity index (χ0v) is 9.40. The lowest BCUT2D eigenvalue weighted by Crippen LogP contribution is -2.34. The van der Waals surface area contributed by atoms with Crippen molar-refractivity contribution in [1.29, 1.82) is 0 Å². The number of sulfonamides is 1. The fourth-order valence-electron chi connectivity index (χ4n) is 1.54. The Morgan fingerprint density at radius 2 is 2.00 bits per heavy atom. The Labute approximate surface area is 94.1 Å². The SMILES string of the molecule is O=S(=O)(NC1CCOC1)c1ccc(O)cc1. The van der Waals surface area contributed by atoms with Crippen molar-refractivity contribution < 1.29 is 18.3 Å². The van der Waals surface area contributed by atoms with Crippen LogP contribution in [-0.2, 0) is 14.8 Å². The summed E-state index contributed by atoms with van der Waals surface area (Å²) in [5.41, 5.74) is 0. The van der Waals surface area contributed by atoms with E-state index in [4.69, 9.17) is 9.84 Å². The first-order valence-corrected chi connectivity index (χ1v) is 6.45. The summed E-state index contributed by atoms with van der Waals surface area (Å²) in [6.07, 6.45) is 0.692. The molecule has 0 spiro atoms. The second-order valence-corrected chi connectivity index (χ2v) is 5.39.